The van der Waals surface area contributed by atoms with E-state index in [-0.39, 0.29) is 22.5 Å². The van der Waals surface area contributed by atoms with Crippen molar-refractivity contribution in [2.45, 2.75) is 58.1 Å². The molecule has 0 aliphatic heterocycles. The molecule has 1 aromatic carbocycles. The molecule has 0 saturated carbocycles. The third-order valence-electron chi connectivity index (χ3n) is 6.27. The molecular weight excluding hydrogens is 437 g/mol. The van der Waals surface area contributed by atoms with Gasteiger partial charge < -0.3 is 10.3 Å². The van der Waals surface area contributed by atoms with E-state index in [2.05, 4.69) is 66.0 Å². The van der Waals surface area contributed by atoms with Crippen LogP contribution in [0.15, 0.2) is 34.9 Å². The van der Waals surface area contributed by atoms with Crippen LogP contribution in [-0.4, -0.2) is 44.4 Å². The number of carbonyl (C=O) groups is 1. The van der Waals surface area contributed by atoms with E-state index in [0.717, 1.165) is 23.2 Å². The maximum absolute atomic E-state index is 12.8. The highest BCUT2D eigenvalue weighted by Crippen LogP contribution is 2.35. The fourth-order valence-electron chi connectivity index (χ4n) is 3.73. The molecular formula is C24H33B3N6O2. The molecule has 0 saturated heterocycles. The third kappa shape index (κ3) is 6.00. The van der Waals surface area contributed by atoms with Gasteiger partial charge in [-0.3, -0.25) is 10.1 Å². The quantitative estimate of drug-likeness (QED) is 0.509. The van der Waals surface area contributed by atoms with Gasteiger partial charge in [0.2, 0.25) is 11.8 Å². The molecule has 0 spiro atoms. The zero-order chi connectivity index (χ0) is 26.1. The predicted molar refractivity (Wildman–Crippen MR) is 147 cm³/mol. The molecule has 2 heterocycles. The lowest BCUT2D eigenvalue weighted by Crippen LogP contribution is -2.27. The lowest BCUT2D eigenvalue weighted by molar-refractivity contribution is -0.117. The minimum Gasteiger partial charge on any atom is -0.383 e. The van der Waals surface area contributed by atoms with Crippen molar-refractivity contribution >= 4 is 41.1 Å². The molecule has 0 fully saturated rings. The van der Waals surface area contributed by atoms with E-state index < -0.39 is 5.92 Å². The first-order chi connectivity index (χ1) is 16.2. The molecule has 180 valence electrons. The number of carbonyl (C=O) groups excluding carboxylic acids is 1. The van der Waals surface area contributed by atoms with Gasteiger partial charge in [0.1, 0.15) is 23.1 Å². The highest BCUT2D eigenvalue weighted by molar-refractivity contribution is 6.59. The Labute approximate surface area is 209 Å². The number of hydrogen-bond acceptors (Lipinski definition) is 6. The average molecular weight is 470 g/mol. The first-order valence-electron chi connectivity index (χ1n) is 11.9. The predicted octanol–water partition coefficient (Wildman–Crippen LogP) is 1.86. The van der Waals surface area contributed by atoms with E-state index in [1.165, 1.54) is 0 Å². The van der Waals surface area contributed by atoms with Gasteiger partial charge >= 0.3 is 0 Å². The van der Waals surface area contributed by atoms with Gasteiger partial charge in [0, 0.05) is 17.7 Å². The molecule has 35 heavy (non-hydrogen) atoms. The summed E-state index contributed by atoms with van der Waals surface area (Å²) in [6.45, 7) is 10.2. The van der Waals surface area contributed by atoms with Crippen LogP contribution in [0.2, 0.25) is 5.11 Å². The zero-order valence-corrected chi connectivity index (χ0v) is 21.9. The SMILES string of the molecule is BC(B)(B)C(C)n1nc(-c2ccc(C(C)C(=O)Nc3cc(CC(C)(C)C)no3)cc2)c(C#N)c1N. The van der Waals surface area contributed by atoms with E-state index in [0.29, 0.717) is 23.0 Å². The molecule has 2 aromatic heterocycles. The largest absolute Gasteiger partial charge is 0.383 e. The van der Waals surface area contributed by atoms with Crippen molar-refractivity contribution in [3.63, 3.8) is 0 Å². The number of nitrogens with two attached hydrogens (primary N) is 1. The van der Waals surface area contributed by atoms with Gasteiger partial charge in [-0.1, -0.05) is 55.3 Å². The summed E-state index contributed by atoms with van der Waals surface area (Å²) in [6.07, 6.45) is 0.753. The lowest BCUT2D eigenvalue weighted by atomic mass is 9.40. The molecule has 0 bridgehead atoms. The van der Waals surface area contributed by atoms with Crippen LogP contribution in [0.5, 0.6) is 0 Å². The van der Waals surface area contributed by atoms with Crippen LogP contribution >= 0.6 is 0 Å². The Morgan fingerprint density at radius 3 is 2.40 bits per heavy atom. The van der Waals surface area contributed by atoms with Crippen LogP contribution in [0.3, 0.4) is 0 Å². The van der Waals surface area contributed by atoms with Crippen LogP contribution in [-0.2, 0) is 11.2 Å². The number of nitrogens with one attached hydrogen (secondary N) is 1. The van der Waals surface area contributed by atoms with Gasteiger partial charge in [0.05, 0.1) is 35.2 Å². The van der Waals surface area contributed by atoms with E-state index in [4.69, 9.17) is 10.3 Å². The Morgan fingerprint density at radius 2 is 1.86 bits per heavy atom. The molecule has 3 rings (SSSR count). The van der Waals surface area contributed by atoms with Crippen LogP contribution in [0.4, 0.5) is 11.7 Å². The Bertz CT molecular complexity index is 1250. The number of rotatable bonds is 7. The Balaban J connectivity index is 1.78. The van der Waals surface area contributed by atoms with Crippen LogP contribution in [0, 0.1) is 16.7 Å². The van der Waals surface area contributed by atoms with Crippen molar-refractivity contribution in [2.75, 3.05) is 11.1 Å². The van der Waals surface area contributed by atoms with Gasteiger partial charge in [-0.05, 0) is 31.2 Å². The summed E-state index contributed by atoms with van der Waals surface area (Å²) >= 11 is 0. The molecule has 0 aliphatic carbocycles. The van der Waals surface area contributed by atoms with E-state index in [1.54, 1.807) is 10.7 Å². The van der Waals surface area contributed by atoms with E-state index >= 15 is 0 Å². The second kappa shape index (κ2) is 9.69. The number of nitriles is 1. The summed E-state index contributed by atoms with van der Waals surface area (Å²) in [6, 6.07) is 11.4. The Hall–Kier alpha value is -3.41. The zero-order valence-electron chi connectivity index (χ0n) is 21.9. The van der Waals surface area contributed by atoms with Crippen molar-refractivity contribution in [2.24, 2.45) is 5.41 Å². The fourth-order valence-corrected chi connectivity index (χ4v) is 3.73. The van der Waals surface area contributed by atoms with Gasteiger partial charge in [-0.25, -0.2) is 4.68 Å². The topological polar surface area (TPSA) is 123 Å². The van der Waals surface area contributed by atoms with Gasteiger partial charge in [0.25, 0.3) is 0 Å². The molecule has 3 aromatic rings. The summed E-state index contributed by atoms with van der Waals surface area (Å²) in [5, 5.41) is 21.2. The Kier molecular flexibility index (Phi) is 7.25. The summed E-state index contributed by atoms with van der Waals surface area (Å²) < 4.78 is 7.02. The molecule has 1 amide bonds. The summed E-state index contributed by atoms with van der Waals surface area (Å²) in [7, 11) is 6.32. The highest BCUT2D eigenvalue weighted by Gasteiger charge is 2.27. The molecule has 3 N–H and O–H groups in total. The second-order valence-corrected chi connectivity index (χ2v) is 11.5. The number of benzene rings is 1. The summed E-state index contributed by atoms with van der Waals surface area (Å²) in [4.78, 5) is 12.8. The summed E-state index contributed by atoms with van der Waals surface area (Å²) in [5.74, 6) is 0.0886. The molecule has 2 atom stereocenters. The lowest BCUT2D eigenvalue weighted by Gasteiger charge is -2.28. The maximum Gasteiger partial charge on any atom is 0.234 e. The van der Waals surface area contributed by atoms with Crippen LogP contribution in [0.25, 0.3) is 11.3 Å². The fraction of sp³-hybridized carbons (Fsp3) is 0.417. The smallest absolute Gasteiger partial charge is 0.234 e. The number of nitrogen functional groups attached to an aromatic ring is 1. The minimum atomic E-state index is -0.417. The highest BCUT2D eigenvalue weighted by atomic mass is 16.5. The van der Waals surface area contributed by atoms with Gasteiger partial charge in [-0.15, -0.1) is 0 Å². The first-order valence-corrected chi connectivity index (χ1v) is 11.9. The number of nitrogens with zero attached hydrogens (tertiary/aromatic N) is 4. The van der Waals surface area contributed by atoms with Crippen molar-refractivity contribution in [3.8, 4) is 17.3 Å². The van der Waals surface area contributed by atoms with Crippen LogP contribution in [0.1, 0.15) is 63.4 Å². The number of amides is 1. The number of anilines is 2. The molecule has 0 aliphatic rings. The van der Waals surface area contributed by atoms with Crippen molar-refractivity contribution < 1.29 is 9.32 Å². The second-order valence-electron chi connectivity index (χ2n) is 11.5. The van der Waals surface area contributed by atoms with Crippen molar-refractivity contribution in [1.29, 1.82) is 5.26 Å². The minimum absolute atomic E-state index is 0.00588. The normalized spacial score (nSPS) is 13.7. The van der Waals surface area contributed by atoms with E-state index in [1.807, 2.05) is 38.1 Å². The Morgan fingerprint density at radius 1 is 1.23 bits per heavy atom. The average Bonchev–Trinajstić information content (AvgIpc) is 3.33. The summed E-state index contributed by atoms with van der Waals surface area (Å²) in [5.41, 5.74) is 9.66. The third-order valence-corrected chi connectivity index (χ3v) is 6.27. The monoisotopic (exact) mass is 470 g/mol. The van der Waals surface area contributed by atoms with Crippen LogP contribution < -0.4 is 11.1 Å². The van der Waals surface area contributed by atoms with Crippen molar-refractivity contribution in [3.05, 3.63) is 47.2 Å². The maximum atomic E-state index is 12.8. The molecule has 0 radical (unpaired) electrons. The van der Waals surface area contributed by atoms with Gasteiger partial charge in [0.15, 0.2) is 0 Å². The van der Waals surface area contributed by atoms with Crippen molar-refractivity contribution in [1.82, 2.24) is 14.9 Å². The molecule has 2 unspecified atom stereocenters. The molecule has 8 nitrogen and oxygen atoms in total. The standard InChI is InChI=1S/C24H33B3N6O2/c1-13(22(34)30-19-10-17(32-35-19)11-23(3,4)5)15-6-8-16(9-7-15)20-18(12-28)21(29)33(31-20)14(2)24(25,26)27/h6-10,13-14H,11,25-27,29H2,1-5H3,(H,30,34). The molecule has 11 heteroatoms. The first kappa shape index (κ1) is 26.2. The van der Waals surface area contributed by atoms with Gasteiger partial charge in [-0.2, -0.15) is 10.4 Å². The number of hydrogen-bond donors (Lipinski definition) is 2. The van der Waals surface area contributed by atoms with E-state index in [9.17, 15) is 10.1 Å². The number of aromatic nitrogens is 3.